The first-order valence-corrected chi connectivity index (χ1v) is 8.33. The molecule has 126 valence electrons. The molecule has 24 heavy (non-hydrogen) atoms. The molecule has 6 nitrogen and oxygen atoms in total. The van der Waals surface area contributed by atoms with Crippen molar-refractivity contribution >= 4 is 35.6 Å². The maximum atomic E-state index is 11.9. The molecule has 2 aromatic rings. The Morgan fingerprint density at radius 1 is 1.17 bits per heavy atom. The minimum absolute atomic E-state index is 0.0627. The zero-order chi connectivity index (χ0) is 17.1. The Hall–Kier alpha value is -1.86. The van der Waals surface area contributed by atoms with Crippen molar-refractivity contribution in [3.8, 4) is 0 Å². The van der Waals surface area contributed by atoms with E-state index in [4.69, 9.17) is 13.7 Å². The molecule has 0 saturated carbocycles. The summed E-state index contributed by atoms with van der Waals surface area (Å²) < 4.78 is 17.9. The lowest BCUT2D eigenvalue weighted by Crippen LogP contribution is -2.41. The average Bonchev–Trinajstić information content (AvgIpc) is 3.14. The van der Waals surface area contributed by atoms with Crippen molar-refractivity contribution in [3.05, 3.63) is 18.2 Å². The maximum Gasteiger partial charge on any atom is 0.494 e. The third-order valence-electron chi connectivity index (χ3n) is 5.23. The van der Waals surface area contributed by atoms with Crippen molar-refractivity contribution in [2.75, 3.05) is 11.4 Å². The van der Waals surface area contributed by atoms with Crippen molar-refractivity contribution in [2.24, 2.45) is 0 Å². The number of carbonyl (C=O) groups is 1. The van der Waals surface area contributed by atoms with Crippen LogP contribution in [-0.4, -0.2) is 35.8 Å². The van der Waals surface area contributed by atoms with Gasteiger partial charge in [-0.25, -0.2) is 0 Å². The second-order valence-corrected chi connectivity index (χ2v) is 7.46. The van der Waals surface area contributed by atoms with Gasteiger partial charge in [0.25, 0.3) is 0 Å². The van der Waals surface area contributed by atoms with Gasteiger partial charge >= 0.3 is 13.1 Å². The average molecular weight is 328 g/mol. The van der Waals surface area contributed by atoms with Gasteiger partial charge in [0.15, 0.2) is 5.58 Å². The molecule has 2 aliphatic heterocycles. The van der Waals surface area contributed by atoms with Crippen LogP contribution in [0.15, 0.2) is 22.6 Å². The van der Waals surface area contributed by atoms with Crippen molar-refractivity contribution in [1.82, 2.24) is 4.98 Å². The molecule has 0 unspecified atom stereocenters. The number of oxazole rings is 1. The van der Waals surface area contributed by atoms with E-state index in [2.05, 4.69) is 4.98 Å². The van der Waals surface area contributed by atoms with Gasteiger partial charge in [0, 0.05) is 13.0 Å². The largest absolute Gasteiger partial charge is 0.494 e. The predicted molar refractivity (Wildman–Crippen MR) is 91.3 cm³/mol. The number of benzene rings is 1. The Balaban J connectivity index is 1.66. The van der Waals surface area contributed by atoms with Crippen LogP contribution in [0.2, 0.25) is 0 Å². The first-order valence-electron chi connectivity index (χ1n) is 8.33. The third-order valence-corrected chi connectivity index (χ3v) is 5.23. The lowest BCUT2D eigenvalue weighted by Gasteiger charge is -2.32. The topological polar surface area (TPSA) is 64.8 Å². The van der Waals surface area contributed by atoms with E-state index >= 15 is 0 Å². The highest BCUT2D eigenvalue weighted by Crippen LogP contribution is 2.36. The standard InChI is InChI=1S/C17H21BN2O4/c1-16(2)17(3,4)24-18(23-16)11-7-8-13-12(10-11)19-15(22-13)20-9-5-6-14(20)21/h7-8,10H,5-6,9H2,1-4H3. The zero-order valence-electron chi connectivity index (χ0n) is 14.5. The van der Waals surface area contributed by atoms with Crippen LogP contribution in [0.5, 0.6) is 0 Å². The van der Waals surface area contributed by atoms with Gasteiger partial charge in [-0.3, -0.25) is 9.69 Å². The molecule has 0 aliphatic carbocycles. The molecule has 0 bridgehead atoms. The highest BCUT2D eigenvalue weighted by atomic mass is 16.7. The summed E-state index contributed by atoms with van der Waals surface area (Å²) in [4.78, 5) is 17.9. The number of hydrogen-bond acceptors (Lipinski definition) is 5. The summed E-state index contributed by atoms with van der Waals surface area (Å²) in [5, 5.41) is 0. The minimum atomic E-state index is -0.437. The van der Waals surface area contributed by atoms with Gasteiger partial charge in [-0.15, -0.1) is 0 Å². The van der Waals surface area contributed by atoms with E-state index in [1.54, 1.807) is 4.90 Å². The summed E-state index contributed by atoms with van der Waals surface area (Å²) in [7, 11) is -0.437. The number of nitrogens with zero attached hydrogens (tertiary/aromatic N) is 2. The third kappa shape index (κ3) is 2.34. The molecule has 1 amide bonds. The van der Waals surface area contributed by atoms with Gasteiger partial charge in [0.1, 0.15) is 5.52 Å². The normalized spacial score (nSPS) is 22.8. The Kier molecular flexibility index (Phi) is 3.31. The second-order valence-electron chi connectivity index (χ2n) is 7.46. The van der Waals surface area contributed by atoms with Crippen LogP contribution < -0.4 is 10.4 Å². The molecular formula is C17H21BN2O4. The number of hydrogen-bond donors (Lipinski definition) is 0. The number of amides is 1. The highest BCUT2D eigenvalue weighted by molar-refractivity contribution is 6.62. The smallest absolute Gasteiger partial charge is 0.423 e. The number of anilines is 1. The Labute approximate surface area is 141 Å². The molecule has 7 heteroatoms. The van der Waals surface area contributed by atoms with Crippen LogP contribution in [0, 0.1) is 0 Å². The van der Waals surface area contributed by atoms with Gasteiger partial charge in [0.05, 0.1) is 11.2 Å². The number of carbonyl (C=O) groups excluding carboxylic acids is 1. The molecule has 0 spiro atoms. The molecular weight excluding hydrogens is 307 g/mol. The van der Waals surface area contributed by atoms with Crippen LogP contribution in [0.4, 0.5) is 6.01 Å². The lowest BCUT2D eigenvalue weighted by atomic mass is 9.79. The monoisotopic (exact) mass is 328 g/mol. The van der Waals surface area contributed by atoms with Gasteiger partial charge in [-0.05, 0) is 51.7 Å². The minimum Gasteiger partial charge on any atom is -0.423 e. The van der Waals surface area contributed by atoms with Crippen molar-refractivity contribution in [2.45, 2.75) is 51.7 Å². The van der Waals surface area contributed by atoms with Crippen LogP contribution >= 0.6 is 0 Å². The fraction of sp³-hybridized carbons (Fsp3) is 0.529. The van der Waals surface area contributed by atoms with Gasteiger partial charge in [0.2, 0.25) is 5.91 Å². The van der Waals surface area contributed by atoms with Crippen molar-refractivity contribution in [3.63, 3.8) is 0 Å². The van der Waals surface area contributed by atoms with Crippen molar-refractivity contribution in [1.29, 1.82) is 0 Å². The highest BCUT2D eigenvalue weighted by Gasteiger charge is 2.51. The molecule has 0 N–H and O–H groups in total. The molecule has 0 radical (unpaired) electrons. The summed E-state index contributed by atoms with van der Waals surface area (Å²) >= 11 is 0. The van der Waals surface area contributed by atoms with Gasteiger partial charge in [-0.1, -0.05) is 6.07 Å². The summed E-state index contributed by atoms with van der Waals surface area (Å²) in [6.07, 6.45) is 1.40. The number of fused-ring (bicyclic) bond motifs is 1. The Morgan fingerprint density at radius 2 is 1.88 bits per heavy atom. The molecule has 1 aromatic carbocycles. The molecule has 2 aliphatic rings. The van der Waals surface area contributed by atoms with E-state index in [1.165, 1.54) is 0 Å². The van der Waals surface area contributed by atoms with Crippen LogP contribution in [0.25, 0.3) is 11.1 Å². The molecule has 0 atom stereocenters. The quantitative estimate of drug-likeness (QED) is 0.791. The number of rotatable bonds is 2. The number of aromatic nitrogens is 1. The maximum absolute atomic E-state index is 11.9. The molecule has 2 saturated heterocycles. The molecule has 4 rings (SSSR count). The van der Waals surface area contributed by atoms with E-state index in [-0.39, 0.29) is 17.1 Å². The summed E-state index contributed by atoms with van der Waals surface area (Å²) in [6, 6.07) is 6.06. The Morgan fingerprint density at radius 3 is 2.50 bits per heavy atom. The summed E-state index contributed by atoms with van der Waals surface area (Å²) in [5.74, 6) is 0.0627. The van der Waals surface area contributed by atoms with E-state index in [0.717, 1.165) is 11.9 Å². The lowest BCUT2D eigenvalue weighted by molar-refractivity contribution is -0.117. The molecule has 1 aromatic heterocycles. The SMILES string of the molecule is CC1(C)OB(c2ccc3oc(N4CCCC4=O)nc3c2)OC1(C)C. The van der Waals surface area contributed by atoms with Gasteiger partial charge in [-0.2, -0.15) is 4.98 Å². The van der Waals surface area contributed by atoms with Crippen LogP contribution in [-0.2, 0) is 14.1 Å². The molecule has 2 fully saturated rings. The van der Waals surface area contributed by atoms with E-state index in [9.17, 15) is 4.79 Å². The van der Waals surface area contributed by atoms with E-state index < -0.39 is 7.12 Å². The fourth-order valence-electron chi connectivity index (χ4n) is 3.02. The zero-order valence-corrected chi connectivity index (χ0v) is 14.5. The summed E-state index contributed by atoms with van der Waals surface area (Å²) in [6.45, 7) is 8.77. The first-order chi connectivity index (χ1) is 11.3. The van der Waals surface area contributed by atoms with Crippen molar-refractivity contribution < 1.29 is 18.5 Å². The fourth-order valence-corrected chi connectivity index (χ4v) is 3.02. The summed E-state index contributed by atoms with van der Waals surface area (Å²) in [5.41, 5.74) is 1.49. The van der Waals surface area contributed by atoms with Gasteiger partial charge < -0.3 is 13.7 Å². The van der Waals surface area contributed by atoms with E-state index in [1.807, 2.05) is 45.9 Å². The van der Waals surface area contributed by atoms with E-state index in [0.29, 0.717) is 30.1 Å². The van der Waals surface area contributed by atoms with Crippen LogP contribution in [0.1, 0.15) is 40.5 Å². The second kappa shape index (κ2) is 5.07. The first kappa shape index (κ1) is 15.7. The predicted octanol–water partition coefficient (Wildman–Crippen LogP) is 2.25. The Bertz CT molecular complexity index is 798. The van der Waals surface area contributed by atoms with Crippen LogP contribution in [0.3, 0.4) is 0 Å². The molecule has 3 heterocycles.